The van der Waals surface area contributed by atoms with E-state index in [0.29, 0.717) is 11.3 Å². The van der Waals surface area contributed by atoms with E-state index in [-0.39, 0.29) is 28.8 Å². The van der Waals surface area contributed by atoms with E-state index >= 15 is 0 Å². The van der Waals surface area contributed by atoms with E-state index in [4.69, 9.17) is 16.3 Å². The summed E-state index contributed by atoms with van der Waals surface area (Å²) < 4.78 is 44.4. The van der Waals surface area contributed by atoms with Crippen molar-refractivity contribution in [3.63, 3.8) is 0 Å². The van der Waals surface area contributed by atoms with Gasteiger partial charge in [-0.15, -0.1) is 0 Å². The molecule has 0 spiro atoms. The lowest BCUT2D eigenvalue weighted by atomic mass is 10.1. The monoisotopic (exact) mass is 458 g/mol. The Balaban J connectivity index is 1.72. The van der Waals surface area contributed by atoms with Gasteiger partial charge in [0, 0.05) is 23.5 Å². The molecule has 0 aliphatic heterocycles. The second kappa shape index (κ2) is 8.80. The maximum Gasteiger partial charge on any atom is 0.416 e. The summed E-state index contributed by atoms with van der Waals surface area (Å²) in [6, 6.07) is 12.8. The van der Waals surface area contributed by atoms with Crippen LogP contribution in [0.15, 0.2) is 71.8 Å². The number of pyridine rings is 1. The van der Waals surface area contributed by atoms with Gasteiger partial charge >= 0.3 is 11.9 Å². The molecule has 2 heterocycles. The molecule has 0 radical (unpaired) electrons. The molecule has 10 heteroatoms. The number of nitrogens with one attached hydrogen (secondary N) is 1. The number of benzene rings is 2. The van der Waals surface area contributed by atoms with Crippen LogP contribution < -0.4 is 10.4 Å². The summed E-state index contributed by atoms with van der Waals surface area (Å²) in [7, 11) is 0. The number of H-pyrrole nitrogens is 1. The highest BCUT2D eigenvalue weighted by molar-refractivity contribution is 6.33. The number of rotatable bonds is 5. The van der Waals surface area contributed by atoms with Gasteiger partial charge in [0.25, 0.3) is 0 Å². The maximum absolute atomic E-state index is 12.8. The predicted octanol–water partition coefficient (Wildman–Crippen LogP) is 5.15. The number of halogens is 4. The summed E-state index contributed by atoms with van der Waals surface area (Å²) in [5.74, 6) is 0.386. The van der Waals surface area contributed by atoms with E-state index in [1.54, 1.807) is 36.7 Å². The van der Waals surface area contributed by atoms with Crippen LogP contribution in [0.4, 0.5) is 13.2 Å². The van der Waals surface area contributed by atoms with Crippen LogP contribution in [-0.4, -0.2) is 19.9 Å². The Kier molecular flexibility index (Phi) is 5.91. The third-order valence-electron chi connectivity index (χ3n) is 4.45. The van der Waals surface area contributed by atoms with E-state index in [1.807, 2.05) is 6.07 Å². The standard InChI is InChI=1S/C22H14ClF3N4O2/c23-16-4-1-5-17(32-12-13-3-2-10-27-11-13)18(16)20-28-19(29-21(31)30-20)14-6-8-15(9-7-14)22(24,25)26/h1-11H,12H2,(H,28,29,30,31). The molecule has 4 rings (SSSR count). The van der Waals surface area contributed by atoms with Gasteiger partial charge < -0.3 is 4.74 Å². The average Bonchev–Trinajstić information content (AvgIpc) is 2.77. The summed E-state index contributed by atoms with van der Waals surface area (Å²) in [4.78, 5) is 26.8. The number of aromatic nitrogens is 4. The van der Waals surface area contributed by atoms with Crippen molar-refractivity contribution in [2.24, 2.45) is 0 Å². The Hall–Kier alpha value is -3.72. The first-order chi connectivity index (χ1) is 15.3. The zero-order valence-electron chi connectivity index (χ0n) is 16.2. The highest BCUT2D eigenvalue weighted by atomic mass is 35.5. The molecule has 2 aromatic heterocycles. The Morgan fingerprint density at radius 3 is 2.47 bits per heavy atom. The van der Waals surface area contributed by atoms with Crippen molar-refractivity contribution in [3.8, 4) is 28.5 Å². The molecule has 0 saturated heterocycles. The number of hydrogen-bond donors (Lipinski definition) is 1. The average molecular weight is 459 g/mol. The van der Waals surface area contributed by atoms with Crippen LogP contribution in [0.5, 0.6) is 5.75 Å². The van der Waals surface area contributed by atoms with E-state index in [1.165, 1.54) is 12.1 Å². The van der Waals surface area contributed by atoms with Gasteiger partial charge in [0.05, 0.1) is 16.1 Å². The highest BCUT2D eigenvalue weighted by Crippen LogP contribution is 2.35. The van der Waals surface area contributed by atoms with Crippen molar-refractivity contribution < 1.29 is 17.9 Å². The molecule has 1 N–H and O–H groups in total. The molecule has 32 heavy (non-hydrogen) atoms. The molecule has 4 aromatic rings. The van der Waals surface area contributed by atoms with Crippen LogP contribution in [0, 0.1) is 0 Å². The van der Waals surface area contributed by atoms with E-state index in [2.05, 4.69) is 19.9 Å². The first kappa shape index (κ1) is 21.5. The minimum atomic E-state index is -4.48. The van der Waals surface area contributed by atoms with Crippen molar-refractivity contribution in [2.75, 3.05) is 0 Å². The van der Waals surface area contributed by atoms with Gasteiger partial charge in [0.15, 0.2) is 5.82 Å². The number of nitrogens with zero attached hydrogens (tertiary/aromatic N) is 3. The fourth-order valence-electron chi connectivity index (χ4n) is 2.94. The lowest BCUT2D eigenvalue weighted by Gasteiger charge is -2.13. The van der Waals surface area contributed by atoms with Crippen molar-refractivity contribution in [2.45, 2.75) is 12.8 Å². The van der Waals surface area contributed by atoms with Crippen molar-refractivity contribution in [1.82, 2.24) is 19.9 Å². The Bertz CT molecular complexity index is 1290. The molecule has 0 atom stereocenters. The first-order valence-electron chi connectivity index (χ1n) is 9.28. The lowest BCUT2D eigenvalue weighted by Crippen LogP contribution is -2.15. The maximum atomic E-state index is 12.8. The smallest absolute Gasteiger partial charge is 0.416 e. The second-order valence-electron chi connectivity index (χ2n) is 6.66. The molecule has 2 aromatic carbocycles. The van der Waals surface area contributed by atoms with Crippen molar-refractivity contribution >= 4 is 11.6 Å². The van der Waals surface area contributed by atoms with Crippen LogP contribution in [0.3, 0.4) is 0 Å². The zero-order chi connectivity index (χ0) is 22.7. The quantitative estimate of drug-likeness (QED) is 0.447. The summed E-state index contributed by atoms with van der Waals surface area (Å²) in [5.41, 5.74) is -0.160. The van der Waals surface area contributed by atoms with Gasteiger partial charge in [-0.3, -0.25) is 9.97 Å². The Labute approximate surface area is 184 Å². The van der Waals surface area contributed by atoms with Crippen molar-refractivity contribution in [1.29, 1.82) is 0 Å². The predicted molar refractivity (Wildman–Crippen MR) is 112 cm³/mol. The first-order valence-corrected chi connectivity index (χ1v) is 9.65. The number of aromatic amines is 1. The molecule has 6 nitrogen and oxygen atoms in total. The van der Waals surface area contributed by atoms with Gasteiger partial charge in [-0.05, 0) is 30.3 Å². The van der Waals surface area contributed by atoms with Gasteiger partial charge in [0.2, 0.25) is 0 Å². The summed E-state index contributed by atoms with van der Waals surface area (Å²) >= 11 is 6.37. The van der Waals surface area contributed by atoms with Crippen LogP contribution in [0.2, 0.25) is 5.02 Å². The normalized spacial score (nSPS) is 11.4. The fraction of sp³-hybridized carbons (Fsp3) is 0.0909. The molecule has 162 valence electrons. The number of ether oxygens (including phenoxy) is 1. The van der Waals surface area contributed by atoms with Gasteiger partial charge in [-0.1, -0.05) is 35.9 Å². The number of hydrogen-bond acceptors (Lipinski definition) is 5. The van der Waals surface area contributed by atoms with Crippen molar-refractivity contribution in [3.05, 3.63) is 93.6 Å². The second-order valence-corrected chi connectivity index (χ2v) is 7.07. The SMILES string of the molecule is O=c1nc(-c2ccc(C(F)(F)F)cc2)nc(-c2c(Cl)cccc2OCc2cccnc2)[nH]1. The molecule has 0 saturated carbocycles. The third kappa shape index (κ3) is 4.78. The highest BCUT2D eigenvalue weighted by Gasteiger charge is 2.30. The van der Waals surface area contributed by atoms with Gasteiger partial charge in [-0.25, -0.2) is 9.78 Å². The molecule has 0 bridgehead atoms. The van der Waals surface area contributed by atoms with Gasteiger partial charge in [0.1, 0.15) is 18.2 Å². The molecule has 0 unspecified atom stereocenters. The molecule has 0 aliphatic rings. The largest absolute Gasteiger partial charge is 0.488 e. The van der Waals surface area contributed by atoms with Crippen LogP contribution in [0.1, 0.15) is 11.1 Å². The molecule has 0 amide bonds. The van der Waals surface area contributed by atoms with E-state index < -0.39 is 17.4 Å². The fourth-order valence-corrected chi connectivity index (χ4v) is 3.19. The van der Waals surface area contributed by atoms with E-state index in [9.17, 15) is 18.0 Å². The zero-order valence-corrected chi connectivity index (χ0v) is 17.0. The summed E-state index contributed by atoms with van der Waals surface area (Å²) in [6.45, 7) is 0.197. The van der Waals surface area contributed by atoms with Gasteiger partial charge in [-0.2, -0.15) is 18.2 Å². The van der Waals surface area contributed by atoms with E-state index in [0.717, 1.165) is 17.7 Å². The molecular weight excluding hydrogens is 445 g/mol. The van der Waals surface area contributed by atoms with Crippen LogP contribution in [-0.2, 0) is 12.8 Å². The lowest BCUT2D eigenvalue weighted by molar-refractivity contribution is -0.137. The third-order valence-corrected chi connectivity index (χ3v) is 4.77. The number of alkyl halides is 3. The van der Waals surface area contributed by atoms with Crippen LogP contribution >= 0.6 is 11.6 Å². The summed E-state index contributed by atoms with van der Waals surface area (Å²) in [6.07, 6.45) is -1.18. The Morgan fingerprint density at radius 1 is 1.00 bits per heavy atom. The molecule has 0 fully saturated rings. The summed E-state index contributed by atoms with van der Waals surface area (Å²) in [5, 5.41) is 0.265. The van der Waals surface area contributed by atoms with Crippen LogP contribution in [0.25, 0.3) is 22.8 Å². The minimum Gasteiger partial charge on any atom is -0.488 e. The molecular formula is C22H14ClF3N4O2. The minimum absolute atomic E-state index is 0.0457. The molecule has 0 aliphatic carbocycles. The topological polar surface area (TPSA) is 80.8 Å². The Morgan fingerprint density at radius 2 is 1.78 bits per heavy atom.